The summed E-state index contributed by atoms with van der Waals surface area (Å²) in [5, 5.41) is 10.4. The van der Waals surface area contributed by atoms with Crippen LogP contribution in [0.4, 0.5) is 5.00 Å². The van der Waals surface area contributed by atoms with E-state index in [2.05, 4.69) is 45.0 Å². The zero-order valence-electron chi connectivity index (χ0n) is 15.7. The molecule has 6 nitrogen and oxygen atoms in total. The number of carbonyl (C=O) groups is 1. The smallest absolute Gasteiger partial charge is 0.224 e. The van der Waals surface area contributed by atoms with Crippen molar-refractivity contribution in [3.8, 4) is 0 Å². The number of piperidine rings is 1. The maximum Gasteiger partial charge on any atom is 0.224 e. The molecule has 0 atom stereocenters. The summed E-state index contributed by atoms with van der Waals surface area (Å²) in [6, 6.07) is 4.75. The highest BCUT2D eigenvalue weighted by Gasteiger charge is 2.21. The summed E-state index contributed by atoms with van der Waals surface area (Å²) in [7, 11) is 0. The molecule has 3 rings (SSSR count). The molecular weight excluding hydrogens is 346 g/mol. The first-order chi connectivity index (χ1) is 12.8. The molecule has 0 radical (unpaired) electrons. The van der Waals surface area contributed by atoms with Crippen LogP contribution in [-0.2, 0) is 4.79 Å². The van der Waals surface area contributed by atoms with Gasteiger partial charge in [-0.15, -0.1) is 11.3 Å². The minimum Gasteiger partial charge on any atom is -0.363 e. The Hall–Kier alpha value is -1.76. The zero-order valence-corrected chi connectivity index (χ0v) is 16.6. The van der Waals surface area contributed by atoms with Crippen LogP contribution in [0, 0.1) is 0 Å². The maximum absolute atomic E-state index is 12.1. The number of hydrogen-bond donors (Lipinski definition) is 2. The second-order valence-electron chi connectivity index (χ2n) is 6.96. The van der Waals surface area contributed by atoms with Gasteiger partial charge in [0.15, 0.2) is 5.96 Å². The molecule has 7 heteroatoms. The first-order valence-electron chi connectivity index (χ1n) is 9.87. The average molecular weight is 378 g/mol. The van der Waals surface area contributed by atoms with E-state index in [1.807, 2.05) is 16.2 Å². The van der Waals surface area contributed by atoms with Gasteiger partial charge in [0, 0.05) is 45.2 Å². The maximum atomic E-state index is 12.1. The largest absolute Gasteiger partial charge is 0.363 e. The molecule has 26 heavy (non-hydrogen) atoms. The van der Waals surface area contributed by atoms with E-state index in [-0.39, 0.29) is 5.91 Å². The molecule has 2 aliphatic rings. The highest BCUT2D eigenvalue weighted by atomic mass is 32.1. The van der Waals surface area contributed by atoms with Crippen LogP contribution in [0.15, 0.2) is 22.5 Å². The molecule has 144 valence electrons. The van der Waals surface area contributed by atoms with Crippen molar-refractivity contribution in [1.29, 1.82) is 0 Å². The predicted molar refractivity (Wildman–Crippen MR) is 109 cm³/mol. The quantitative estimate of drug-likeness (QED) is 0.590. The fraction of sp³-hybridized carbons (Fsp3) is 0.684. The molecule has 0 saturated carbocycles. The lowest BCUT2D eigenvalue weighted by Gasteiger charge is -2.33. The molecule has 1 aromatic heterocycles. The van der Waals surface area contributed by atoms with Crippen molar-refractivity contribution < 1.29 is 4.79 Å². The molecule has 1 aromatic rings. The highest BCUT2D eigenvalue weighted by Crippen LogP contribution is 2.24. The van der Waals surface area contributed by atoms with Crippen molar-refractivity contribution in [2.24, 2.45) is 4.99 Å². The highest BCUT2D eigenvalue weighted by molar-refractivity contribution is 7.14. The van der Waals surface area contributed by atoms with Gasteiger partial charge in [-0.1, -0.05) is 0 Å². The number of amides is 1. The molecular formula is C19H31N5OS. The number of thiophene rings is 1. The second-order valence-corrected chi connectivity index (χ2v) is 7.88. The van der Waals surface area contributed by atoms with E-state index < -0.39 is 0 Å². The minimum atomic E-state index is 0.242. The normalized spacial score (nSPS) is 19.0. The van der Waals surface area contributed by atoms with Gasteiger partial charge in [-0.25, -0.2) is 0 Å². The zero-order chi connectivity index (χ0) is 18.2. The number of carbonyl (C=O) groups excluding carboxylic acids is 1. The number of rotatable bonds is 6. The van der Waals surface area contributed by atoms with Crippen molar-refractivity contribution in [3.05, 3.63) is 17.5 Å². The molecule has 3 heterocycles. The average Bonchev–Trinajstić information content (AvgIpc) is 3.36. The number of aliphatic imine (C=N–C) groups is 1. The van der Waals surface area contributed by atoms with Gasteiger partial charge in [0.25, 0.3) is 0 Å². The molecule has 2 N–H and O–H groups in total. The molecule has 1 amide bonds. The van der Waals surface area contributed by atoms with Gasteiger partial charge < -0.3 is 20.4 Å². The van der Waals surface area contributed by atoms with E-state index in [9.17, 15) is 4.79 Å². The van der Waals surface area contributed by atoms with Crippen LogP contribution in [0.5, 0.6) is 0 Å². The number of nitrogens with one attached hydrogen (secondary N) is 2. The Kier molecular flexibility index (Phi) is 7.17. The van der Waals surface area contributed by atoms with E-state index in [1.165, 1.54) is 5.00 Å². The summed E-state index contributed by atoms with van der Waals surface area (Å²) >= 11 is 1.81. The Bertz CT molecular complexity index is 575. The van der Waals surface area contributed by atoms with Crippen molar-refractivity contribution in [3.63, 3.8) is 0 Å². The fourth-order valence-electron chi connectivity index (χ4n) is 3.60. The third-order valence-electron chi connectivity index (χ3n) is 5.05. The SMILES string of the molecule is CCNC(=NCCC(=O)N1CCCC1)NC1CCN(c2cccs2)CC1. The Morgan fingerprint density at radius 1 is 1.27 bits per heavy atom. The van der Waals surface area contributed by atoms with Crippen LogP contribution in [0.1, 0.15) is 39.0 Å². The monoisotopic (exact) mass is 377 g/mol. The Labute approximate surface area is 160 Å². The van der Waals surface area contributed by atoms with E-state index in [4.69, 9.17) is 0 Å². The predicted octanol–water partition coefficient (Wildman–Crippen LogP) is 2.28. The number of anilines is 1. The van der Waals surface area contributed by atoms with Gasteiger partial charge in [-0.05, 0) is 50.1 Å². The number of nitrogens with zero attached hydrogens (tertiary/aromatic N) is 3. The molecule has 0 bridgehead atoms. The standard InChI is InChI=1S/C19H31N5OS/c1-2-20-19(21-10-7-17(25)23-11-3-4-12-23)22-16-8-13-24(14-9-16)18-6-5-15-26-18/h5-6,15-16H,2-4,7-14H2,1H3,(H2,20,21,22). The minimum absolute atomic E-state index is 0.242. The van der Waals surface area contributed by atoms with Crippen LogP contribution < -0.4 is 15.5 Å². The molecule has 0 aromatic carbocycles. The first-order valence-corrected chi connectivity index (χ1v) is 10.8. The Morgan fingerprint density at radius 2 is 2.04 bits per heavy atom. The van der Waals surface area contributed by atoms with E-state index in [0.29, 0.717) is 19.0 Å². The summed E-state index contributed by atoms with van der Waals surface area (Å²) in [6.45, 7) is 7.45. The lowest BCUT2D eigenvalue weighted by atomic mass is 10.1. The van der Waals surface area contributed by atoms with E-state index in [0.717, 1.165) is 64.4 Å². The van der Waals surface area contributed by atoms with Crippen LogP contribution in [0.25, 0.3) is 0 Å². The van der Waals surface area contributed by atoms with Crippen LogP contribution in [0.2, 0.25) is 0 Å². The molecule has 0 aliphatic carbocycles. The van der Waals surface area contributed by atoms with Gasteiger partial charge in [-0.3, -0.25) is 9.79 Å². The molecule has 2 saturated heterocycles. The van der Waals surface area contributed by atoms with Gasteiger partial charge in [0.05, 0.1) is 11.5 Å². The summed E-state index contributed by atoms with van der Waals surface area (Å²) < 4.78 is 0. The number of hydrogen-bond acceptors (Lipinski definition) is 4. The van der Waals surface area contributed by atoms with E-state index >= 15 is 0 Å². The lowest BCUT2D eigenvalue weighted by molar-refractivity contribution is -0.129. The summed E-state index contributed by atoms with van der Waals surface area (Å²) in [5.41, 5.74) is 0. The van der Waals surface area contributed by atoms with Gasteiger partial charge in [0.2, 0.25) is 5.91 Å². The van der Waals surface area contributed by atoms with Gasteiger partial charge in [-0.2, -0.15) is 0 Å². The summed E-state index contributed by atoms with van der Waals surface area (Å²) in [5.74, 6) is 1.09. The Balaban J connectivity index is 1.43. The van der Waals surface area contributed by atoms with Gasteiger partial charge in [0.1, 0.15) is 0 Å². The van der Waals surface area contributed by atoms with Crippen molar-refractivity contribution >= 4 is 28.2 Å². The van der Waals surface area contributed by atoms with Crippen LogP contribution in [0.3, 0.4) is 0 Å². The van der Waals surface area contributed by atoms with Crippen molar-refractivity contribution in [2.75, 3.05) is 44.2 Å². The Morgan fingerprint density at radius 3 is 2.69 bits per heavy atom. The first kappa shape index (κ1) is 19.0. The third kappa shape index (κ3) is 5.37. The molecule has 0 unspecified atom stereocenters. The second kappa shape index (κ2) is 9.80. The third-order valence-corrected chi connectivity index (χ3v) is 5.98. The van der Waals surface area contributed by atoms with Crippen LogP contribution in [-0.4, -0.2) is 62.1 Å². The molecule has 2 aliphatic heterocycles. The van der Waals surface area contributed by atoms with Crippen molar-refractivity contribution in [2.45, 2.75) is 45.1 Å². The number of likely N-dealkylation sites (tertiary alicyclic amines) is 1. The van der Waals surface area contributed by atoms with E-state index in [1.54, 1.807) is 0 Å². The topological polar surface area (TPSA) is 60.0 Å². The van der Waals surface area contributed by atoms with Crippen molar-refractivity contribution in [1.82, 2.24) is 15.5 Å². The van der Waals surface area contributed by atoms with Crippen LogP contribution >= 0.6 is 11.3 Å². The molecule has 2 fully saturated rings. The summed E-state index contributed by atoms with van der Waals surface area (Å²) in [6.07, 6.45) is 5.00. The summed E-state index contributed by atoms with van der Waals surface area (Å²) in [4.78, 5) is 21.2. The lowest BCUT2D eigenvalue weighted by Crippen LogP contribution is -2.48. The molecule has 0 spiro atoms. The number of guanidine groups is 1. The van der Waals surface area contributed by atoms with Gasteiger partial charge >= 0.3 is 0 Å². The fourth-order valence-corrected chi connectivity index (χ4v) is 4.38.